The molecule has 0 bridgehead atoms. The van der Waals surface area contributed by atoms with Gasteiger partial charge in [-0.3, -0.25) is 14.8 Å². The van der Waals surface area contributed by atoms with Crippen molar-refractivity contribution in [2.24, 2.45) is 5.10 Å². The number of amides is 1. The van der Waals surface area contributed by atoms with E-state index < -0.39 is 0 Å². The van der Waals surface area contributed by atoms with Gasteiger partial charge in [0.25, 0.3) is 5.91 Å². The van der Waals surface area contributed by atoms with Gasteiger partial charge in [-0.05, 0) is 39.0 Å². The Morgan fingerprint density at radius 1 is 1.26 bits per heavy atom. The fourth-order valence-electron chi connectivity index (χ4n) is 2.49. The number of hydrazone groups is 1. The van der Waals surface area contributed by atoms with Gasteiger partial charge < -0.3 is 0 Å². The van der Waals surface area contributed by atoms with Gasteiger partial charge in [0.15, 0.2) is 0 Å². The molecule has 1 aromatic carbocycles. The molecule has 2 atom stereocenters. The maximum atomic E-state index is 12.9. The summed E-state index contributed by atoms with van der Waals surface area (Å²) in [6, 6.07) is 5.07. The number of rotatable bonds is 1. The minimum absolute atomic E-state index is 0.0283. The van der Waals surface area contributed by atoms with E-state index in [0.29, 0.717) is 28.6 Å². The molecule has 1 aromatic rings. The van der Waals surface area contributed by atoms with Crippen molar-refractivity contribution in [2.45, 2.75) is 39.3 Å². The largest absolute Gasteiger partial charge is 0.296 e. The molecule has 23 heavy (non-hydrogen) atoms. The van der Waals surface area contributed by atoms with E-state index in [9.17, 15) is 4.79 Å². The van der Waals surface area contributed by atoms with E-state index in [2.05, 4.69) is 17.5 Å². The number of benzene rings is 1. The molecule has 1 aliphatic heterocycles. The zero-order valence-electron chi connectivity index (χ0n) is 13.8. The van der Waals surface area contributed by atoms with Gasteiger partial charge in [-0.2, -0.15) is 5.10 Å². The van der Waals surface area contributed by atoms with Gasteiger partial charge in [-0.15, -0.1) is 0 Å². The third-order valence-corrected chi connectivity index (χ3v) is 4.68. The second kappa shape index (κ2) is 7.51. The summed E-state index contributed by atoms with van der Waals surface area (Å²) in [4.78, 5) is 12.9. The second-order valence-corrected chi connectivity index (χ2v) is 6.79. The standard InChI is InChI=1S/C16H22Cl2N4O/c1-10-7-11(2)22(19-9-12(3)21(4)20-10)16(23)13-5-6-14(17)15(18)8-13/h5-6,8,11-12,19H,7,9H2,1-4H3/b20-10+/t11-,12-/m1/s1. The Kier molecular flexibility index (Phi) is 5.89. The highest BCUT2D eigenvalue weighted by Gasteiger charge is 2.25. The Balaban J connectivity index is 2.26. The van der Waals surface area contributed by atoms with Crippen LogP contribution in [0.2, 0.25) is 10.0 Å². The molecule has 0 fully saturated rings. The van der Waals surface area contributed by atoms with Crippen molar-refractivity contribution in [3.63, 3.8) is 0 Å². The Hall–Kier alpha value is -1.30. The van der Waals surface area contributed by atoms with Gasteiger partial charge in [0.05, 0.1) is 22.1 Å². The SMILES string of the molecule is C/C1=N\N(C)[C@H](C)CNN(C(=O)c2ccc(Cl)c(Cl)c2)[C@H](C)C1. The molecule has 126 valence electrons. The summed E-state index contributed by atoms with van der Waals surface area (Å²) in [5.74, 6) is -0.124. The lowest BCUT2D eigenvalue weighted by Gasteiger charge is -2.30. The third kappa shape index (κ3) is 4.37. The summed E-state index contributed by atoms with van der Waals surface area (Å²) in [7, 11) is 1.94. The van der Waals surface area contributed by atoms with E-state index in [1.165, 1.54) is 0 Å². The quantitative estimate of drug-likeness (QED) is 0.838. The summed E-state index contributed by atoms with van der Waals surface area (Å²) < 4.78 is 0. The fourth-order valence-corrected chi connectivity index (χ4v) is 2.78. The van der Waals surface area contributed by atoms with Gasteiger partial charge in [0.2, 0.25) is 0 Å². The average Bonchev–Trinajstić information content (AvgIpc) is 2.52. The van der Waals surface area contributed by atoms with Crippen LogP contribution in [0.25, 0.3) is 0 Å². The topological polar surface area (TPSA) is 47.9 Å². The predicted octanol–water partition coefficient (Wildman–Crippen LogP) is 3.43. The minimum atomic E-state index is -0.124. The van der Waals surface area contributed by atoms with Crippen LogP contribution in [0.1, 0.15) is 37.6 Å². The minimum Gasteiger partial charge on any atom is -0.296 e. The van der Waals surface area contributed by atoms with Gasteiger partial charge in [-0.25, -0.2) is 5.43 Å². The molecule has 0 saturated carbocycles. The van der Waals surface area contributed by atoms with Crippen molar-refractivity contribution in [1.29, 1.82) is 0 Å². The molecule has 0 spiro atoms. The maximum Gasteiger partial charge on any atom is 0.268 e. The van der Waals surface area contributed by atoms with Gasteiger partial charge >= 0.3 is 0 Å². The molecule has 1 heterocycles. The number of halogens is 2. The Morgan fingerprint density at radius 2 is 1.96 bits per heavy atom. The molecule has 0 aliphatic carbocycles. The van der Waals surface area contributed by atoms with Gasteiger partial charge in [-0.1, -0.05) is 23.2 Å². The number of hydrogen-bond acceptors (Lipinski definition) is 4. The zero-order chi connectivity index (χ0) is 17.1. The first-order chi connectivity index (χ1) is 10.8. The smallest absolute Gasteiger partial charge is 0.268 e. The Bertz CT molecular complexity index is 620. The van der Waals surface area contributed by atoms with Crippen LogP contribution in [0, 0.1) is 0 Å². The van der Waals surface area contributed by atoms with E-state index in [1.54, 1.807) is 23.2 Å². The second-order valence-electron chi connectivity index (χ2n) is 5.98. The van der Waals surface area contributed by atoms with Crippen molar-refractivity contribution < 1.29 is 4.79 Å². The van der Waals surface area contributed by atoms with E-state index in [4.69, 9.17) is 23.2 Å². The number of carbonyl (C=O) groups excluding carboxylic acids is 1. The fraction of sp³-hybridized carbons (Fsp3) is 0.500. The van der Waals surface area contributed by atoms with Crippen LogP contribution in [0.4, 0.5) is 0 Å². The molecular formula is C16H22Cl2N4O. The number of hydrazine groups is 1. The number of hydrogen-bond donors (Lipinski definition) is 1. The first kappa shape index (κ1) is 18.0. The lowest BCUT2D eigenvalue weighted by Crippen LogP contribution is -2.51. The molecule has 7 heteroatoms. The highest BCUT2D eigenvalue weighted by atomic mass is 35.5. The number of nitrogens with zero attached hydrogens (tertiary/aromatic N) is 3. The average molecular weight is 357 g/mol. The molecule has 0 unspecified atom stereocenters. The third-order valence-electron chi connectivity index (χ3n) is 3.94. The molecule has 2 rings (SSSR count). The van der Waals surface area contributed by atoms with E-state index in [-0.39, 0.29) is 18.0 Å². The maximum absolute atomic E-state index is 12.9. The molecule has 0 saturated heterocycles. The monoisotopic (exact) mass is 356 g/mol. The van der Waals surface area contributed by atoms with Crippen molar-refractivity contribution in [1.82, 2.24) is 15.4 Å². The first-order valence-corrected chi connectivity index (χ1v) is 8.34. The van der Waals surface area contributed by atoms with E-state index >= 15 is 0 Å². The highest BCUT2D eigenvalue weighted by molar-refractivity contribution is 6.42. The van der Waals surface area contributed by atoms with Crippen LogP contribution in [0.15, 0.2) is 23.3 Å². The molecule has 1 N–H and O–H groups in total. The van der Waals surface area contributed by atoms with Crippen molar-refractivity contribution >= 4 is 34.8 Å². The van der Waals surface area contributed by atoms with Crippen LogP contribution in [-0.2, 0) is 0 Å². The first-order valence-electron chi connectivity index (χ1n) is 7.58. The predicted molar refractivity (Wildman–Crippen MR) is 95.0 cm³/mol. The molecule has 1 aliphatic rings. The van der Waals surface area contributed by atoms with E-state index in [1.807, 2.05) is 25.9 Å². The number of likely N-dealkylation sites (N-methyl/N-ethyl adjacent to an activating group) is 1. The van der Waals surface area contributed by atoms with Crippen molar-refractivity contribution in [3.05, 3.63) is 33.8 Å². The zero-order valence-corrected chi connectivity index (χ0v) is 15.3. The van der Waals surface area contributed by atoms with E-state index in [0.717, 1.165) is 5.71 Å². The molecule has 0 radical (unpaired) electrons. The number of carbonyl (C=O) groups is 1. The Labute approximate surface area is 147 Å². The van der Waals surface area contributed by atoms with Gasteiger partial charge in [0.1, 0.15) is 0 Å². The molecule has 1 amide bonds. The summed E-state index contributed by atoms with van der Waals surface area (Å²) in [5, 5.41) is 8.95. The van der Waals surface area contributed by atoms with Crippen LogP contribution < -0.4 is 5.43 Å². The van der Waals surface area contributed by atoms with Crippen LogP contribution in [0.3, 0.4) is 0 Å². The van der Waals surface area contributed by atoms with Gasteiger partial charge in [0, 0.05) is 31.3 Å². The summed E-state index contributed by atoms with van der Waals surface area (Å²) in [6.45, 7) is 6.65. The summed E-state index contributed by atoms with van der Waals surface area (Å²) in [6.07, 6.45) is 0.692. The van der Waals surface area contributed by atoms with Crippen molar-refractivity contribution in [3.8, 4) is 0 Å². The van der Waals surface area contributed by atoms with Crippen molar-refractivity contribution in [2.75, 3.05) is 13.6 Å². The van der Waals surface area contributed by atoms with Crippen LogP contribution in [-0.4, -0.2) is 47.3 Å². The molecule has 5 nitrogen and oxygen atoms in total. The van der Waals surface area contributed by atoms with Crippen LogP contribution >= 0.6 is 23.2 Å². The lowest BCUT2D eigenvalue weighted by molar-refractivity contribution is 0.0551. The molecule has 0 aromatic heterocycles. The summed E-state index contributed by atoms with van der Waals surface area (Å²) in [5.41, 5.74) is 4.73. The lowest BCUT2D eigenvalue weighted by atomic mass is 10.1. The molecular weight excluding hydrogens is 335 g/mol. The Morgan fingerprint density at radius 3 is 2.61 bits per heavy atom. The van der Waals surface area contributed by atoms with Crippen LogP contribution in [0.5, 0.6) is 0 Å². The highest BCUT2D eigenvalue weighted by Crippen LogP contribution is 2.23. The number of nitrogens with one attached hydrogen (secondary N) is 1. The normalized spacial score (nSPS) is 25.2. The summed E-state index contributed by atoms with van der Waals surface area (Å²) >= 11 is 12.0.